The average molecular weight is 361 g/mol. The van der Waals surface area contributed by atoms with Gasteiger partial charge in [0.1, 0.15) is 17.8 Å². The molecule has 0 aromatic carbocycles. The lowest BCUT2D eigenvalue weighted by atomic mass is 10.2. The number of piperazine rings is 1. The van der Waals surface area contributed by atoms with Gasteiger partial charge in [0, 0.05) is 45.3 Å². The van der Waals surface area contributed by atoms with Crippen molar-refractivity contribution in [2.75, 3.05) is 50.8 Å². The molecule has 0 atom stereocenters. The highest BCUT2D eigenvalue weighted by Crippen LogP contribution is 2.17. The quantitative estimate of drug-likeness (QED) is 0.816. The van der Waals surface area contributed by atoms with Gasteiger partial charge >= 0.3 is 6.09 Å². The van der Waals surface area contributed by atoms with E-state index in [4.69, 9.17) is 4.74 Å². The maximum absolute atomic E-state index is 12.7. The summed E-state index contributed by atoms with van der Waals surface area (Å²) in [6.45, 7) is 6.27. The number of ether oxygens (including phenoxy) is 1. The Balaban J connectivity index is 1.62. The summed E-state index contributed by atoms with van der Waals surface area (Å²) in [5, 5.41) is 0. The van der Waals surface area contributed by atoms with Gasteiger partial charge < -0.3 is 19.4 Å². The SMILES string of the molecule is CCOC(=O)N1CCN(c2cc(C(=O)N3CCCCCC3)ncn2)CC1. The summed E-state index contributed by atoms with van der Waals surface area (Å²) >= 11 is 0. The van der Waals surface area contributed by atoms with Gasteiger partial charge in [-0.05, 0) is 19.8 Å². The van der Waals surface area contributed by atoms with Crippen LogP contribution in [0.25, 0.3) is 0 Å². The maximum Gasteiger partial charge on any atom is 0.409 e. The maximum atomic E-state index is 12.7. The fourth-order valence-corrected chi connectivity index (χ4v) is 3.41. The first-order valence-corrected chi connectivity index (χ1v) is 9.47. The summed E-state index contributed by atoms with van der Waals surface area (Å²) in [4.78, 5) is 38.7. The molecule has 3 heterocycles. The molecule has 1 aromatic heterocycles. The number of carbonyl (C=O) groups is 2. The zero-order valence-electron chi connectivity index (χ0n) is 15.4. The smallest absolute Gasteiger partial charge is 0.409 e. The molecule has 0 saturated carbocycles. The minimum atomic E-state index is -0.271. The van der Waals surface area contributed by atoms with E-state index in [0.717, 1.165) is 31.7 Å². The Bertz CT molecular complexity index is 623. The minimum Gasteiger partial charge on any atom is -0.450 e. The molecule has 2 amide bonds. The van der Waals surface area contributed by atoms with Gasteiger partial charge in [-0.15, -0.1) is 0 Å². The largest absolute Gasteiger partial charge is 0.450 e. The summed E-state index contributed by atoms with van der Waals surface area (Å²) in [7, 11) is 0. The molecule has 8 heteroatoms. The number of nitrogens with zero attached hydrogens (tertiary/aromatic N) is 5. The first kappa shape index (κ1) is 18.4. The van der Waals surface area contributed by atoms with Crippen molar-refractivity contribution < 1.29 is 14.3 Å². The summed E-state index contributed by atoms with van der Waals surface area (Å²) in [5.41, 5.74) is 0.449. The average Bonchev–Trinajstić information content (AvgIpc) is 2.97. The molecule has 142 valence electrons. The number of anilines is 1. The van der Waals surface area contributed by atoms with Crippen molar-refractivity contribution in [2.45, 2.75) is 32.6 Å². The minimum absolute atomic E-state index is 0.0132. The molecule has 3 rings (SSSR count). The highest BCUT2D eigenvalue weighted by molar-refractivity contribution is 5.93. The van der Waals surface area contributed by atoms with Crippen molar-refractivity contribution in [3.63, 3.8) is 0 Å². The van der Waals surface area contributed by atoms with Gasteiger partial charge in [-0.25, -0.2) is 14.8 Å². The van der Waals surface area contributed by atoms with E-state index in [1.54, 1.807) is 17.9 Å². The van der Waals surface area contributed by atoms with Crippen LogP contribution in [0.2, 0.25) is 0 Å². The molecule has 26 heavy (non-hydrogen) atoms. The molecule has 0 bridgehead atoms. The number of hydrogen-bond donors (Lipinski definition) is 0. The summed E-state index contributed by atoms with van der Waals surface area (Å²) < 4.78 is 5.04. The number of aromatic nitrogens is 2. The second-order valence-corrected chi connectivity index (χ2v) is 6.64. The van der Waals surface area contributed by atoms with Crippen molar-refractivity contribution in [1.82, 2.24) is 19.8 Å². The van der Waals surface area contributed by atoms with Crippen LogP contribution in [0, 0.1) is 0 Å². The summed E-state index contributed by atoms with van der Waals surface area (Å²) in [6.07, 6.45) is 5.66. The Hall–Kier alpha value is -2.38. The second kappa shape index (κ2) is 8.82. The van der Waals surface area contributed by atoms with Crippen LogP contribution in [0.15, 0.2) is 12.4 Å². The number of rotatable bonds is 3. The molecule has 8 nitrogen and oxygen atoms in total. The third-order valence-corrected chi connectivity index (χ3v) is 4.89. The number of amides is 2. The third kappa shape index (κ3) is 4.42. The van der Waals surface area contributed by atoms with Gasteiger partial charge in [-0.1, -0.05) is 12.8 Å². The first-order valence-electron chi connectivity index (χ1n) is 9.47. The van der Waals surface area contributed by atoms with Gasteiger partial charge in [0.05, 0.1) is 6.61 Å². The molecule has 0 aliphatic carbocycles. The van der Waals surface area contributed by atoms with Gasteiger partial charge in [-0.2, -0.15) is 0 Å². The standard InChI is InChI=1S/C18H27N5O3/c1-2-26-18(25)23-11-9-21(10-12-23)16-13-15(19-14-20-16)17(24)22-7-5-3-4-6-8-22/h13-14H,2-12H2,1H3. The monoisotopic (exact) mass is 361 g/mol. The highest BCUT2D eigenvalue weighted by Gasteiger charge is 2.24. The van der Waals surface area contributed by atoms with Gasteiger partial charge in [0.2, 0.25) is 0 Å². The predicted molar refractivity (Wildman–Crippen MR) is 97.2 cm³/mol. The Labute approximate surface area is 154 Å². The molecule has 0 radical (unpaired) electrons. The molecule has 0 spiro atoms. The summed E-state index contributed by atoms with van der Waals surface area (Å²) in [5.74, 6) is 0.724. The van der Waals surface area contributed by atoms with Crippen LogP contribution in [0.1, 0.15) is 43.1 Å². The van der Waals surface area contributed by atoms with Crippen LogP contribution in [-0.4, -0.2) is 77.6 Å². The number of likely N-dealkylation sites (tertiary alicyclic amines) is 1. The fourth-order valence-electron chi connectivity index (χ4n) is 3.41. The van der Waals surface area contributed by atoms with Gasteiger partial charge in [0.15, 0.2) is 0 Å². The second-order valence-electron chi connectivity index (χ2n) is 6.64. The Morgan fingerprint density at radius 3 is 2.31 bits per heavy atom. The summed E-state index contributed by atoms with van der Waals surface area (Å²) in [6, 6.07) is 1.77. The lowest BCUT2D eigenvalue weighted by Gasteiger charge is -2.34. The van der Waals surface area contributed by atoms with E-state index in [9.17, 15) is 9.59 Å². The van der Waals surface area contributed by atoms with E-state index >= 15 is 0 Å². The van der Waals surface area contributed by atoms with Gasteiger partial charge in [-0.3, -0.25) is 4.79 Å². The fraction of sp³-hybridized carbons (Fsp3) is 0.667. The zero-order chi connectivity index (χ0) is 18.4. The Morgan fingerprint density at radius 1 is 0.962 bits per heavy atom. The van der Waals surface area contributed by atoms with E-state index in [1.165, 1.54) is 19.2 Å². The predicted octanol–water partition coefficient (Wildman–Crippen LogP) is 1.77. The number of carbonyl (C=O) groups excluding carboxylic acids is 2. The molecule has 2 aliphatic rings. The van der Waals surface area contributed by atoms with Crippen molar-refractivity contribution in [1.29, 1.82) is 0 Å². The van der Waals surface area contributed by atoms with Crippen LogP contribution in [0.5, 0.6) is 0 Å². The van der Waals surface area contributed by atoms with Crippen LogP contribution in [-0.2, 0) is 4.74 Å². The lowest BCUT2D eigenvalue weighted by molar-refractivity contribution is 0.0755. The van der Waals surface area contributed by atoms with Crippen LogP contribution < -0.4 is 4.90 Å². The van der Waals surface area contributed by atoms with E-state index in [0.29, 0.717) is 38.5 Å². The molecular formula is C18H27N5O3. The zero-order valence-corrected chi connectivity index (χ0v) is 15.4. The van der Waals surface area contributed by atoms with E-state index < -0.39 is 0 Å². The van der Waals surface area contributed by atoms with Crippen LogP contribution >= 0.6 is 0 Å². The lowest BCUT2D eigenvalue weighted by Crippen LogP contribution is -2.49. The topological polar surface area (TPSA) is 78.9 Å². The van der Waals surface area contributed by atoms with E-state index in [1.807, 2.05) is 4.90 Å². The Kier molecular flexibility index (Phi) is 6.25. The molecular weight excluding hydrogens is 334 g/mol. The van der Waals surface area contributed by atoms with Crippen LogP contribution in [0.3, 0.4) is 0 Å². The van der Waals surface area contributed by atoms with Crippen molar-refractivity contribution in [3.8, 4) is 0 Å². The van der Waals surface area contributed by atoms with Crippen molar-refractivity contribution in [2.24, 2.45) is 0 Å². The molecule has 0 unspecified atom stereocenters. The molecule has 2 saturated heterocycles. The Morgan fingerprint density at radius 2 is 1.65 bits per heavy atom. The van der Waals surface area contributed by atoms with E-state index in [2.05, 4.69) is 14.9 Å². The molecule has 0 N–H and O–H groups in total. The first-order chi connectivity index (χ1) is 12.7. The third-order valence-electron chi connectivity index (χ3n) is 4.89. The van der Waals surface area contributed by atoms with Crippen molar-refractivity contribution in [3.05, 3.63) is 18.1 Å². The highest BCUT2D eigenvalue weighted by atomic mass is 16.6. The molecule has 2 aliphatic heterocycles. The normalized spacial score (nSPS) is 18.4. The molecule has 1 aromatic rings. The number of hydrogen-bond acceptors (Lipinski definition) is 6. The van der Waals surface area contributed by atoms with Crippen molar-refractivity contribution >= 4 is 17.8 Å². The molecule has 2 fully saturated rings. The van der Waals surface area contributed by atoms with Crippen LogP contribution in [0.4, 0.5) is 10.6 Å². The van der Waals surface area contributed by atoms with Gasteiger partial charge in [0.25, 0.3) is 5.91 Å². The van der Waals surface area contributed by atoms with E-state index in [-0.39, 0.29) is 12.0 Å².